The zero-order valence-electron chi connectivity index (χ0n) is 9.95. The van der Waals surface area contributed by atoms with Crippen LogP contribution < -0.4 is 10.5 Å². The van der Waals surface area contributed by atoms with Crippen LogP contribution >= 0.6 is 11.3 Å². The van der Waals surface area contributed by atoms with Crippen LogP contribution in [0.15, 0.2) is 28.7 Å². The zero-order chi connectivity index (χ0) is 14.0. The highest BCUT2D eigenvalue weighted by atomic mass is 32.2. The molecule has 0 aliphatic carbocycles. The van der Waals surface area contributed by atoms with Crippen molar-refractivity contribution in [3.05, 3.63) is 35.0 Å². The topological polar surface area (TPSA) is 118 Å². The molecule has 0 fully saturated rings. The number of aromatic nitrogens is 2. The summed E-state index contributed by atoms with van der Waals surface area (Å²) in [6.45, 7) is 1.76. The summed E-state index contributed by atoms with van der Waals surface area (Å²) in [5.41, 5.74) is 0.412. The molecular formula is C10H12N4O3S2. The predicted octanol–water partition coefficient (Wildman–Crippen LogP) is 0.610. The molecule has 1 amide bonds. The molecule has 7 nitrogen and oxygen atoms in total. The summed E-state index contributed by atoms with van der Waals surface area (Å²) in [6, 6.07) is 2.74. The molecule has 0 saturated heterocycles. The molecule has 2 aromatic rings. The van der Waals surface area contributed by atoms with Crippen molar-refractivity contribution in [2.45, 2.75) is 17.2 Å². The molecule has 1 unspecified atom stereocenters. The molecule has 4 N–H and O–H groups in total. The van der Waals surface area contributed by atoms with Crippen LogP contribution in [0.25, 0.3) is 0 Å². The van der Waals surface area contributed by atoms with E-state index in [0.717, 1.165) is 11.3 Å². The molecule has 0 aliphatic heterocycles. The minimum Gasteiger partial charge on any atom is -0.345 e. The van der Waals surface area contributed by atoms with Gasteiger partial charge in [0.05, 0.1) is 17.8 Å². The third kappa shape index (κ3) is 3.19. The minimum absolute atomic E-state index is 0.0758. The highest BCUT2D eigenvalue weighted by Crippen LogP contribution is 2.25. The maximum absolute atomic E-state index is 11.8. The van der Waals surface area contributed by atoms with Crippen LogP contribution in [0.2, 0.25) is 0 Å². The van der Waals surface area contributed by atoms with Gasteiger partial charge in [-0.05, 0) is 19.1 Å². The zero-order valence-corrected chi connectivity index (χ0v) is 11.6. The van der Waals surface area contributed by atoms with E-state index >= 15 is 0 Å². The van der Waals surface area contributed by atoms with Gasteiger partial charge in [-0.3, -0.25) is 9.89 Å². The number of hydrogen-bond acceptors (Lipinski definition) is 5. The van der Waals surface area contributed by atoms with Gasteiger partial charge in [0.15, 0.2) is 0 Å². The summed E-state index contributed by atoms with van der Waals surface area (Å²) in [5, 5.41) is 14.0. The van der Waals surface area contributed by atoms with E-state index in [9.17, 15) is 13.2 Å². The van der Waals surface area contributed by atoms with Crippen molar-refractivity contribution >= 4 is 27.3 Å². The number of rotatable bonds is 4. The van der Waals surface area contributed by atoms with E-state index in [4.69, 9.17) is 5.14 Å². The Hall–Kier alpha value is -1.71. The first kappa shape index (κ1) is 13.7. The van der Waals surface area contributed by atoms with E-state index in [1.54, 1.807) is 13.0 Å². The van der Waals surface area contributed by atoms with E-state index in [1.165, 1.54) is 18.5 Å². The number of primary sulfonamides is 1. The highest BCUT2D eigenvalue weighted by Gasteiger charge is 2.17. The van der Waals surface area contributed by atoms with Gasteiger partial charge < -0.3 is 5.32 Å². The number of aromatic amines is 1. The van der Waals surface area contributed by atoms with Crippen LogP contribution in [0.5, 0.6) is 0 Å². The summed E-state index contributed by atoms with van der Waals surface area (Å²) in [6.07, 6.45) is 2.89. The lowest BCUT2D eigenvalue weighted by molar-refractivity contribution is 0.0940. The van der Waals surface area contributed by atoms with Crippen molar-refractivity contribution in [2.24, 2.45) is 5.14 Å². The van der Waals surface area contributed by atoms with Crippen LogP contribution in [-0.2, 0) is 10.0 Å². The van der Waals surface area contributed by atoms with Crippen LogP contribution in [-0.4, -0.2) is 24.5 Å². The molecule has 1 atom stereocenters. The number of nitrogens with one attached hydrogen (secondary N) is 2. The van der Waals surface area contributed by atoms with Crippen molar-refractivity contribution in [3.63, 3.8) is 0 Å². The van der Waals surface area contributed by atoms with E-state index < -0.39 is 10.0 Å². The largest absolute Gasteiger partial charge is 0.345 e. The Morgan fingerprint density at radius 3 is 2.79 bits per heavy atom. The predicted molar refractivity (Wildman–Crippen MR) is 70.2 cm³/mol. The smallest absolute Gasteiger partial charge is 0.254 e. The quantitative estimate of drug-likeness (QED) is 0.766. The molecule has 0 bridgehead atoms. The Morgan fingerprint density at radius 2 is 2.26 bits per heavy atom. The fraction of sp³-hybridized carbons (Fsp3) is 0.200. The highest BCUT2D eigenvalue weighted by molar-refractivity contribution is 7.91. The van der Waals surface area contributed by atoms with Gasteiger partial charge in [-0.25, -0.2) is 13.6 Å². The van der Waals surface area contributed by atoms with Crippen LogP contribution in [0.1, 0.15) is 28.2 Å². The first-order valence-electron chi connectivity index (χ1n) is 5.30. The molecule has 19 heavy (non-hydrogen) atoms. The van der Waals surface area contributed by atoms with Gasteiger partial charge in [-0.15, -0.1) is 11.3 Å². The number of hydrogen-bond donors (Lipinski definition) is 3. The number of amides is 1. The standard InChI is InChI=1S/C10H12N4O3S2/c1-6(14-10(15)7-4-12-13-5-7)8-2-3-9(18-8)19(11,16)17/h2-6H,1H3,(H,12,13)(H,14,15)(H2,11,16,17). The van der Waals surface area contributed by atoms with E-state index in [2.05, 4.69) is 15.5 Å². The van der Waals surface area contributed by atoms with Gasteiger partial charge in [0, 0.05) is 11.1 Å². The van der Waals surface area contributed by atoms with Gasteiger partial charge in [-0.2, -0.15) is 5.10 Å². The van der Waals surface area contributed by atoms with Gasteiger partial charge in [0.2, 0.25) is 10.0 Å². The minimum atomic E-state index is -3.70. The lowest BCUT2D eigenvalue weighted by atomic mass is 10.2. The number of H-pyrrole nitrogens is 1. The molecule has 102 valence electrons. The second-order valence-electron chi connectivity index (χ2n) is 3.88. The molecule has 2 aromatic heterocycles. The van der Waals surface area contributed by atoms with Crippen LogP contribution in [0, 0.1) is 0 Å². The molecule has 0 aromatic carbocycles. The SMILES string of the molecule is CC(NC(=O)c1cn[nH]c1)c1ccc(S(N)(=O)=O)s1. The lowest BCUT2D eigenvalue weighted by Crippen LogP contribution is -2.25. The Labute approximate surface area is 113 Å². The first-order valence-corrected chi connectivity index (χ1v) is 7.66. The number of nitrogens with two attached hydrogens (primary N) is 1. The molecule has 0 saturated carbocycles. The second kappa shape index (κ2) is 5.11. The average molecular weight is 300 g/mol. The third-order valence-corrected chi connectivity index (χ3v) is 5.12. The number of carbonyl (C=O) groups excluding carboxylic acids is 1. The van der Waals surface area contributed by atoms with Crippen molar-refractivity contribution < 1.29 is 13.2 Å². The molecule has 9 heteroatoms. The Kier molecular flexibility index (Phi) is 3.69. The average Bonchev–Trinajstić information content (AvgIpc) is 3.00. The number of thiophene rings is 1. The van der Waals surface area contributed by atoms with E-state index in [1.807, 2.05) is 0 Å². The Balaban J connectivity index is 2.10. The lowest BCUT2D eigenvalue weighted by Gasteiger charge is -2.10. The fourth-order valence-corrected chi connectivity index (χ4v) is 3.20. The van der Waals surface area contributed by atoms with Gasteiger partial charge >= 0.3 is 0 Å². The molecule has 2 rings (SSSR count). The van der Waals surface area contributed by atoms with Crippen molar-refractivity contribution in [1.29, 1.82) is 0 Å². The molecule has 2 heterocycles. The Bertz CT molecular complexity index is 675. The molecule has 0 spiro atoms. The monoisotopic (exact) mass is 300 g/mol. The summed E-state index contributed by atoms with van der Waals surface area (Å²) in [7, 11) is -3.70. The summed E-state index contributed by atoms with van der Waals surface area (Å²) < 4.78 is 22.4. The van der Waals surface area contributed by atoms with Crippen molar-refractivity contribution in [1.82, 2.24) is 15.5 Å². The maximum Gasteiger partial charge on any atom is 0.254 e. The molecule has 0 radical (unpaired) electrons. The van der Waals surface area contributed by atoms with Gasteiger partial charge in [-0.1, -0.05) is 0 Å². The van der Waals surface area contributed by atoms with Gasteiger partial charge in [0.1, 0.15) is 4.21 Å². The number of carbonyl (C=O) groups is 1. The Morgan fingerprint density at radius 1 is 1.53 bits per heavy atom. The van der Waals surface area contributed by atoms with E-state index in [-0.39, 0.29) is 16.2 Å². The number of sulfonamides is 1. The van der Waals surface area contributed by atoms with E-state index in [0.29, 0.717) is 10.4 Å². The molecular weight excluding hydrogens is 288 g/mol. The summed E-state index contributed by atoms with van der Waals surface area (Å²) in [5.74, 6) is -0.285. The number of nitrogens with zero attached hydrogens (tertiary/aromatic N) is 1. The normalized spacial score (nSPS) is 13.2. The maximum atomic E-state index is 11.8. The fourth-order valence-electron chi connectivity index (χ4n) is 1.45. The summed E-state index contributed by atoms with van der Waals surface area (Å²) >= 11 is 1.04. The van der Waals surface area contributed by atoms with Crippen molar-refractivity contribution in [3.8, 4) is 0 Å². The molecule has 0 aliphatic rings. The second-order valence-corrected chi connectivity index (χ2v) is 6.79. The van der Waals surface area contributed by atoms with Crippen LogP contribution in [0.3, 0.4) is 0 Å². The van der Waals surface area contributed by atoms with Gasteiger partial charge in [0.25, 0.3) is 5.91 Å². The third-order valence-electron chi connectivity index (χ3n) is 2.42. The first-order chi connectivity index (χ1) is 8.88. The summed E-state index contributed by atoms with van der Waals surface area (Å²) in [4.78, 5) is 12.5. The van der Waals surface area contributed by atoms with Crippen molar-refractivity contribution in [2.75, 3.05) is 0 Å². The van der Waals surface area contributed by atoms with Crippen LogP contribution in [0.4, 0.5) is 0 Å².